The maximum absolute atomic E-state index is 9.41. The largest absolute Gasteiger partial charge is 0.399 e. The van der Waals surface area contributed by atoms with Crippen molar-refractivity contribution in [2.24, 2.45) is 0 Å². The number of nitrogens with zero attached hydrogens (tertiary/aromatic N) is 1. The zero-order valence-corrected chi connectivity index (χ0v) is 10.4. The minimum Gasteiger partial charge on any atom is -0.399 e. The van der Waals surface area contributed by atoms with Crippen molar-refractivity contribution in [1.29, 1.82) is 0 Å². The van der Waals surface area contributed by atoms with Crippen molar-refractivity contribution in [2.75, 3.05) is 37.0 Å². The van der Waals surface area contributed by atoms with Gasteiger partial charge in [0.05, 0.1) is 25.9 Å². The number of morpholine rings is 1. The first-order valence-corrected chi connectivity index (χ1v) is 5.95. The summed E-state index contributed by atoms with van der Waals surface area (Å²) in [6.45, 7) is 6.34. The summed E-state index contributed by atoms with van der Waals surface area (Å²) < 4.78 is 5.40. The first-order chi connectivity index (χ1) is 8.13. The van der Waals surface area contributed by atoms with E-state index >= 15 is 0 Å². The van der Waals surface area contributed by atoms with Gasteiger partial charge in [0.2, 0.25) is 0 Å². The van der Waals surface area contributed by atoms with Gasteiger partial charge in [0.15, 0.2) is 0 Å². The Balaban J connectivity index is 2.38. The van der Waals surface area contributed by atoms with E-state index in [4.69, 9.17) is 10.5 Å². The highest BCUT2D eigenvalue weighted by Crippen LogP contribution is 2.29. The van der Waals surface area contributed by atoms with Gasteiger partial charge in [-0.15, -0.1) is 0 Å². The maximum Gasteiger partial charge on any atom is 0.0755 e. The van der Waals surface area contributed by atoms with Gasteiger partial charge in [-0.1, -0.05) is 0 Å². The van der Waals surface area contributed by atoms with E-state index < -0.39 is 0 Å². The number of anilines is 2. The van der Waals surface area contributed by atoms with Gasteiger partial charge in [-0.2, -0.15) is 0 Å². The monoisotopic (exact) mass is 236 g/mol. The molecule has 1 unspecified atom stereocenters. The van der Waals surface area contributed by atoms with Gasteiger partial charge in [0, 0.05) is 17.9 Å². The number of nitrogens with two attached hydrogens (primary N) is 1. The van der Waals surface area contributed by atoms with E-state index in [0.717, 1.165) is 23.4 Å². The molecule has 0 spiro atoms. The highest BCUT2D eigenvalue weighted by atomic mass is 16.5. The number of rotatable bonds is 2. The molecule has 4 heteroatoms. The Morgan fingerprint density at radius 2 is 2.06 bits per heavy atom. The van der Waals surface area contributed by atoms with Crippen LogP contribution in [0.15, 0.2) is 12.1 Å². The molecule has 0 bridgehead atoms. The molecule has 0 amide bonds. The van der Waals surface area contributed by atoms with Crippen molar-refractivity contribution >= 4 is 11.4 Å². The summed E-state index contributed by atoms with van der Waals surface area (Å²) in [5.41, 5.74) is 10.1. The summed E-state index contributed by atoms with van der Waals surface area (Å²) in [6.07, 6.45) is 0. The van der Waals surface area contributed by atoms with Crippen LogP contribution in [0.3, 0.4) is 0 Å². The number of hydrogen-bond donors (Lipinski definition) is 2. The average molecular weight is 236 g/mol. The van der Waals surface area contributed by atoms with Crippen LogP contribution in [0.2, 0.25) is 0 Å². The minimum absolute atomic E-state index is 0.0461. The fourth-order valence-electron chi connectivity index (χ4n) is 2.54. The Labute approximate surface area is 102 Å². The molecular formula is C13H20N2O2. The molecule has 1 aliphatic rings. The van der Waals surface area contributed by atoms with Crippen LogP contribution >= 0.6 is 0 Å². The van der Waals surface area contributed by atoms with Crippen LogP contribution < -0.4 is 10.6 Å². The summed E-state index contributed by atoms with van der Waals surface area (Å²) in [7, 11) is 0. The second-order valence-corrected chi connectivity index (χ2v) is 4.61. The van der Waals surface area contributed by atoms with Crippen molar-refractivity contribution in [3.63, 3.8) is 0 Å². The summed E-state index contributed by atoms with van der Waals surface area (Å²) in [5, 5.41) is 9.41. The third kappa shape index (κ3) is 2.37. The zero-order chi connectivity index (χ0) is 12.4. The van der Waals surface area contributed by atoms with Crippen molar-refractivity contribution in [3.8, 4) is 0 Å². The van der Waals surface area contributed by atoms with Gasteiger partial charge in [-0.25, -0.2) is 0 Å². The van der Waals surface area contributed by atoms with Crippen molar-refractivity contribution in [1.82, 2.24) is 0 Å². The first-order valence-electron chi connectivity index (χ1n) is 5.95. The maximum atomic E-state index is 9.41. The normalized spacial score (nSPS) is 20.6. The van der Waals surface area contributed by atoms with Crippen molar-refractivity contribution in [2.45, 2.75) is 19.9 Å². The predicted octanol–water partition coefficient (Wildman–Crippen LogP) is 1.08. The molecular weight excluding hydrogens is 216 g/mol. The number of aliphatic hydroxyl groups excluding tert-OH is 1. The van der Waals surface area contributed by atoms with Crippen LogP contribution in [0.4, 0.5) is 11.4 Å². The Hall–Kier alpha value is -1.26. The van der Waals surface area contributed by atoms with Gasteiger partial charge in [0.1, 0.15) is 0 Å². The molecule has 17 heavy (non-hydrogen) atoms. The Bertz CT molecular complexity index is 383. The van der Waals surface area contributed by atoms with E-state index in [2.05, 4.69) is 18.7 Å². The SMILES string of the molecule is Cc1cc(N)cc(C)c1N1CCOCC1CO. The molecule has 2 rings (SSSR count). The summed E-state index contributed by atoms with van der Waals surface area (Å²) >= 11 is 0. The van der Waals surface area contributed by atoms with Gasteiger partial charge in [-0.05, 0) is 37.1 Å². The molecule has 0 aliphatic carbocycles. The van der Waals surface area contributed by atoms with Crippen LogP contribution in [-0.4, -0.2) is 37.5 Å². The number of aliphatic hydroxyl groups is 1. The molecule has 1 aromatic rings. The fraction of sp³-hybridized carbons (Fsp3) is 0.538. The van der Waals surface area contributed by atoms with E-state index in [9.17, 15) is 5.11 Å². The molecule has 1 aromatic carbocycles. The third-order valence-corrected chi connectivity index (χ3v) is 3.24. The van der Waals surface area contributed by atoms with Gasteiger partial charge < -0.3 is 20.5 Å². The lowest BCUT2D eigenvalue weighted by molar-refractivity contribution is 0.0726. The van der Waals surface area contributed by atoms with E-state index in [-0.39, 0.29) is 12.6 Å². The average Bonchev–Trinajstić information content (AvgIpc) is 2.28. The second kappa shape index (κ2) is 4.94. The van der Waals surface area contributed by atoms with Gasteiger partial charge in [0.25, 0.3) is 0 Å². The molecule has 4 nitrogen and oxygen atoms in total. The quantitative estimate of drug-likeness (QED) is 0.754. The Morgan fingerprint density at radius 1 is 1.41 bits per heavy atom. The van der Waals surface area contributed by atoms with E-state index in [1.807, 2.05) is 12.1 Å². The van der Waals surface area contributed by atoms with E-state index in [1.54, 1.807) is 0 Å². The van der Waals surface area contributed by atoms with Gasteiger partial charge in [-0.3, -0.25) is 0 Å². The number of ether oxygens (including phenoxy) is 1. The lowest BCUT2D eigenvalue weighted by atomic mass is 10.0. The summed E-state index contributed by atoms with van der Waals surface area (Å²) in [4.78, 5) is 2.23. The number of nitrogen functional groups attached to an aromatic ring is 1. The number of benzene rings is 1. The highest BCUT2D eigenvalue weighted by Gasteiger charge is 2.24. The molecule has 1 aliphatic heterocycles. The number of aryl methyl sites for hydroxylation is 2. The molecule has 1 saturated heterocycles. The van der Waals surface area contributed by atoms with E-state index in [1.165, 1.54) is 5.69 Å². The lowest BCUT2D eigenvalue weighted by Gasteiger charge is -2.38. The zero-order valence-electron chi connectivity index (χ0n) is 10.4. The lowest BCUT2D eigenvalue weighted by Crippen LogP contribution is -2.48. The summed E-state index contributed by atoms with van der Waals surface area (Å²) in [6, 6.07) is 4.00. The molecule has 94 valence electrons. The smallest absolute Gasteiger partial charge is 0.0755 e. The predicted molar refractivity (Wildman–Crippen MR) is 69.4 cm³/mol. The van der Waals surface area contributed by atoms with Crippen LogP contribution in [0.5, 0.6) is 0 Å². The van der Waals surface area contributed by atoms with Crippen LogP contribution in [0, 0.1) is 13.8 Å². The van der Waals surface area contributed by atoms with Crippen LogP contribution in [-0.2, 0) is 4.74 Å². The second-order valence-electron chi connectivity index (χ2n) is 4.61. The Morgan fingerprint density at radius 3 is 2.65 bits per heavy atom. The van der Waals surface area contributed by atoms with Crippen LogP contribution in [0.1, 0.15) is 11.1 Å². The van der Waals surface area contributed by atoms with Crippen LogP contribution in [0.25, 0.3) is 0 Å². The standard InChI is InChI=1S/C13H20N2O2/c1-9-5-11(14)6-10(2)13(9)15-3-4-17-8-12(15)7-16/h5-6,12,16H,3-4,7-8,14H2,1-2H3. The molecule has 3 N–H and O–H groups in total. The minimum atomic E-state index is 0.0461. The molecule has 1 heterocycles. The fourth-order valence-corrected chi connectivity index (χ4v) is 2.54. The third-order valence-electron chi connectivity index (χ3n) is 3.24. The molecule has 1 fully saturated rings. The number of hydrogen-bond acceptors (Lipinski definition) is 4. The molecule has 0 aromatic heterocycles. The van der Waals surface area contributed by atoms with Crippen molar-refractivity contribution in [3.05, 3.63) is 23.3 Å². The molecule has 0 radical (unpaired) electrons. The topological polar surface area (TPSA) is 58.7 Å². The summed E-state index contributed by atoms with van der Waals surface area (Å²) in [5.74, 6) is 0. The molecule has 1 atom stereocenters. The van der Waals surface area contributed by atoms with Gasteiger partial charge >= 0.3 is 0 Å². The first kappa shape index (κ1) is 12.2. The molecule has 0 saturated carbocycles. The highest BCUT2D eigenvalue weighted by molar-refractivity contribution is 5.65. The van der Waals surface area contributed by atoms with Crippen molar-refractivity contribution < 1.29 is 9.84 Å². The van der Waals surface area contributed by atoms with E-state index in [0.29, 0.717) is 13.2 Å². The Kier molecular flexibility index (Phi) is 3.54.